The molecule has 31 heavy (non-hydrogen) atoms. The zero-order valence-electron chi connectivity index (χ0n) is 17.9. The Balaban J connectivity index is 1.71. The molecule has 1 saturated heterocycles. The number of ether oxygens (including phenoxy) is 1. The summed E-state index contributed by atoms with van der Waals surface area (Å²) < 4.78 is 34.8. The summed E-state index contributed by atoms with van der Waals surface area (Å²) in [5.74, 6) is 0.737. The van der Waals surface area contributed by atoms with Crippen LogP contribution in [0.2, 0.25) is 0 Å². The molecule has 0 radical (unpaired) electrons. The Morgan fingerprint density at radius 2 is 1.61 bits per heavy atom. The molecule has 3 aromatic rings. The monoisotopic (exact) mass is 436 g/mol. The summed E-state index contributed by atoms with van der Waals surface area (Å²) in [6.07, 6.45) is 0. The van der Waals surface area contributed by atoms with E-state index in [1.165, 1.54) is 0 Å². The van der Waals surface area contributed by atoms with E-state index in [1.54, 1.807) is 16.4 Å². The van der Waals surface area contributed by atoms with Crippen molar-refractivity contribution in [1.29, 1.82) is 0 Å². The van der Waals surface area contributed by atoms with Gasteiger partial charge in [0.05, 0.1) is 24.2 Å². The molecule has 0 aliphatic carbocycles. The molecule has 162 valence electrons. The Bertz CT molecular complexity index is 1120. The number of hydrogen-bond donors (Lipinski definition) is 0. The molecule has 1 fully saturated rings. The molecule has 0 amide bonds. The molecular formula is C25H28N2O3S. The van der Waals surface area contributed by atoms with Gasteiger partial charge in [0.1, 0.15) is 5.75 Å². The summed E-state index contributed by atoms with van der Waals surface area (Å²) in [6.45, 7) is 6.04. The Morgan fingerprint density at radius 3 is 2.32 bits per heavy atom. The van der Waals surface area contributed by atoms with Gasteiger partial charge in [-0.25, -0.2) is 8.42 Å². The molecule has 0 spiro atoms. The minimum Gasteiger partial charge on any atom is -0.494 e. The van der Waals surface area contributed by atoms with Gasteiger partial charge in [-0.05, 0) is 37.6 Å². The highest BCUT2D eigenvalue weighted by Crippen LogP contribution is 2.38. The second-order valence-corrected chi connectivity index (χ2v) is 9.72. The minimum atomic E-state index is -3.67. The average molecular weight is 437 g/mol. The van der Waals surface area contributed by atoms with E-state index in [4.69, 9.17) is 4.74 Å². The first-order chi connectivity index (χ1) is 15.0. The molecule has 4 rings (SSSR count). The molecule has 1 aliphatic rings. The molecule has 1 atom stereocenters. The van der Waals surface area contributed by atoms with Gasteiger partial charge in [0, 0.05) is 18.7 Å². The second-order valence-electron chi connectivity index (χ2n) is 7.83. The molecule has 0 bridgehead atoms. The molecule has 1 aliphatic heterocycles. The van der Waals surface area contributed by atoms with Crippen molar-refractivity contribution in [2.24, 2.45) is 0 Å². The third kappa shape index (κ3) is 4.66. The average Bonchev–Trinajstić information content (AvgIpc) is 3.20. The number of sulfonamides is 1. The maximum Gasteiger partial charge on any atom is 0.244 e. The largest absolute Gasteiger partial charge is 0.494 e. The van der Waals surface area contributed by atoms with Crippen LogP contribution in [0.1, 0.15) is 29.7 Å². The van der Waals surface area contributed by atoms with E-state index in [2.05, 4.69) is 17.0 Å². The normalized spacial score (nSPS) is 17.7. The summed E-state index contributed by atoms with van der Waals surface area (Å²) in [5, 5.41) is 0. The van der Waals surface area contributed by atoms with Gasteiger partial charge in [-0.15, -0.1) is 0 Å². The van der Waals surface area contributed by atoms with Crippen molar-refractivity contribution in [1.82, 2.24) is 9.21 Å². The fourth-order valence-corrected chi connectivity index (χ4v) is 5.61. The van der Waals surface area contributed by atoms with Gasteiger partial charge in [-0.2, -0.15) is 4.31 Å². The van der Waals surface area contributed by atoms with Crippen molar-refractivity contribution in [2.75, 3.05) is 19.8 Å². The lowest BCUT2D eigenvalue weighted by Crippen LogP contribution is -2.33. The lowest BCUT2D eigenvalue weighted by Gasteiger charge is -2.25. The second kappa shape index (κ2) is 9.22. The molecule has 3 aromatic carbocycles. The van der Waals surface area contributed by atoms with Crippen LogP contribution >= 0.6 is 0 Å². The fourth-order valence-electron chi connectivity index (χ4n) is 4.03. The van der Waals surface area contributed by atoms with Crippen LogP contribution in [0.5, 0.6) is 5.75 Å². The highest BCUT2D eigenvalue weighted by Gasteiger charge is 2.41. The van der Waals surface area contributed by atoms with E-state index in [-0.39, 0.29) is 6.04 Å². The van der Waals surface area contributed by atoms with Crippen LogP contribution < -0.4 is 4.74 Å². The summed E-state index contributed by atoms with van der Waals surface area (Å²) in [4.78, 5) is 2.49. The first-order valence-electron chi connectivity index (χ1n) is 10.6. The van der Waals surface area contributed by atoms with Gasteiger partial charge in [0.2, 0.25) is 10.0 Å². The maximum atomic E-state index is 13.7. The molecule has 6 heteroatoms. The molecular weight excluding hydrogens is 408 g/mol. The van der Waals surface area contributed by atoms with Crippen LogP contribution in [0.4, 0.5) is 0 Å². The molecule has 0 aromatic heterocycles. The zero-order chi connectivity index (χ0) is 21.8. The van der Waals surface area contributed by atoms with Crippen LogP contribution in [-0.2, 0) is 16.6 Å². The third-order valence-electron chi connectivity index (χ3n) is 5.57. The van der Waals surface area contributed by atoms with Gasteiger partial charge in [0.15, 0.2) is 0 Å². The summed E-state index contributed by atoms with van der Waals surface area (Å²) in [6, 6.07) is 24.6. The van der Waals surface area contributed by atoms with Crippen LogP contribution in [0, 0.1) is 6.92 Å². The highest BCUT2D eigenvalue weighted by atomic mass is 32.2. The minimum absolute atomic E-state index is 0.318. The first-order valence-corrected chi connectivity index (χ1v) is 12.0. The quantitative estimate of drug-likeness (QED) is 0.543. The number of hydrogen-bond acceptors (Lipinski definition) is 4. The maximum absolute atomic E-state index is 13.7. The van der Waals surface area contributed by atoms with Crippen molar-refractivity contribution in [3.8, 4) is 5.75 Å². The van der Waals surface area contributed by atoms with Gasteiger partial charge >= 0.3 is 0 Å². The zero-order valence-corrected chi connectivity index (χ0v) is 18.8. The Hall–Kier alpha value is -2.67. The molecule has 0 N–H and O–H groups in total. The van der Waals surface area contributed by atoms with Gasteiger partial charge in [-0.1, -0.05) is 66.2 Å². The van der Waals surface area contributed by atoms with Gasteiger partial charge < -0.3 is 4.74 Å². The van der Waals surface area contributed by atoms with Crippen molar-refractivity contribution in [3.05, 3.63) is 95.6 Å². The van der Waals surface area contributed by atoms with E-state index in [0.29, 0.717) is 31.3 Å². The van der Waals surface area contributed by atoms with Crippen molar-refractivity contribution < 1.29 is 13.2 Å². The van der Waals surface area contributed by atoms with E-state index >= 15 is 0 Å². The van der Waals surface area contributed by atoms with E-state index < -0.39 is 10.0 Å². The standard InChI is InChI=1S/C25H28N2O3S/c1-3-30-25-12-8-7-11-23(25)24-18-26(17-21-9-5-4-6-10-21)19-27(24)31(28,29)22-15-13-20(2)14-16-22/h4-16,24H,3,17-19H2,1-2H3. The predicted octanol–water partition coefficient (Wildman–Crippen LogP) is 4.60. The third-order valence-corrected chi connectivity index (χ3v) is 7.43. The first kappa shape index (κ1) is 21.6. The number of nitrogens with zero attached hydrogens (tertiary/aromatic N) is 2. The lowest BCUT2D eigenvalue weighted by molar-refractivity contribution is 0.295. The number of benzene rings is 3. The Morgan fingerprint density at radius 1 is 0.935 bits per heavy atom. The number of para-hydroxylation sites is 1. The highest BCUT2D eigenvalue weighted by molar-refractivity contribution is 7.89. The summed E-state index contributed by atoms with van der Waals surface area (Å²) in [5.41, 5.74) is 3.09. The van der Waals surface area contributed by atoms with E-state index in [0.717, 1.165) is 22.4 Å². The van der Waals surface area contributed by atoms with Crippen molar-refractivity contribution in [2.45, 2.75) is 31.3 Å². The Labute approximate surface area is 184 Å². The predicted molar refractivity (Wildman–Crippen MR) is 122 cm³/mol. The molecule has 0 saturated carbocycles. The molecule has 1 heterocycles. The van der Waals surface area contributed by atoms with Crippen molar-refractivity contribution >= 4 is 10.0 Å². The van der Waals surface area contributed by atoms with Gasteiger partial charge in [-0.3, -0.25) is 4.90 Å². The van der Waals surface area contributed by atoms with E-state index in [1.807, 2.05) is 68.4 Å². The molecule has 1 unspecified atom stereocenters. The smallest absolute Gasteiger partial charge is 0.244 e. The lowest BCUT2D eigenvalue weighted by atomic mass is 10.1. The fraction of sp³-hybridized carbons (Fsp3) is 0.280. The Kier molecular flexibility index (Phi) is 6.41. The van der Waals surface area contributed by atoms with Crippen molar-refractivity contribution in [3.63, 3.8) is 0 Å². The van der Waals surface area contributed by atoms with Crippen LogP contribution in [-0.4, -0.2) is 37.4 Å². The summed E-state index contributed by atoms with van der Waals surface area (Å²) >= 11 is 0. The van der Waals surface area contributed by atoms with Crippen LogP contribution in [0.3, 0.4) is 0 Å². The van der Waals surface area contributed by atoms with Crippen LogP contribution in [0.25, 0.3) is 0 Å². The number of rotatable bonds is 7. The molecule has 5 nitrogen and oxygen atoms in total. The summed E-state index contributed by atoms with van der Waals surface area (Å²) in [7, 11) is -3.67. The topological polar surface area (TPSA) is 49.9 Å². The SMILES string of the molecule is CCOc1ccccc1C1CN(Cc2ccccc2)CN1S(=O)(=O)c1ccc(C)cc1. The number of aryl methyl sites for hydroxylation is 1. The van der Waals surface area contributed by atoms with Crippen LogP contribution in [0.15, 0.2) is 83.8 Å². The van der Waals surface area contributed by atoms with Gasteiger partial charge in [0.25, 0.3) is 0 Å². The van der Waals surface area contributed by atoms with E-state index in [9.17, 15) is 8.42 Å².